The first-order valence-corrected chi connectivity index (χ1v) is 8.03. The molecule has 0 heterocycles. The quantitative estimate of drug-likeness (QED) is 0.322. The number of hydrogen-bond donors (Lipinski definition) is 1. The van der Waals surface area contributed by atoms with Gasteiger partial charge in [0.2, 0.25) is 0 Å². The fourth-order valence-corrected chi connectivity index (χ4v) is 1.84. The highest BCUT2D eigenvalue weighted by molar-refractivity contribution is 5.64. The Morgan fingerprint density at radius 1 is 1.05 bits per heavy atom. The molecule has 0 bridgehead atoms. The Morgan fingerprint density at radius 2 is 1.76 bits per heavy atom. The van der Waals surface area contributed by atoms with Crippen LogP contribution in [-0.2, 0) is 4.79 Å². The second kappa shape index (κ2) is 15.0. The molecule has 0 saturated heterocycles. The molecule has 0 aromatic rings. The number of aliphatic hydroxyl groups excluding tert-OH is 1. The Bertz CT molecular complexity index is 329. The Kier molecular flexibility index (Phi) is 14.1. The van der Waals surface area contributed by atoms with Crippen molar-refractivity contribution >= 4 is 5.97 Å². The van der Waals surface area contributed by atoms with Gasteiger partial charge in [0.25, 0.3) is 0 Å². The van der Waals surface area contributed by atoms with Gasteiger partial charge in [-0.05, 0) is 44.9 Å². The summed E-state index contributed by atoms with van der Waals surface area (Å²) in [6.45, 7) is 2.19. The predicted molar refractivity (Wildman–Crippen MR) is 85.7 cm³/mol. The summed E-state index contributed by atoms with van der Waals surface area (Å²) < 4.78 is 0. The van der Waals surface area contributed by atoms with Gasteiger partial charge in [0, 0.05) is 5.97 Å². The smallest absolute Gasteiger partial charge is 0.0758 e. The molecule has 1 unspecified atom stereocenters. The van der Waals surface area contributed by atoms with Gasteiger partial charge in [0.1, 0.15) is 0 Å². The van der Waals surface area contributed by atoms with Gasteiger partial charge >= 0.3 is 0 Å². The third-order valence-corrected chi connectivity index (χ3v) is 3.10. The molecule has 0 amide bonds. The highest BCUT2D eigenvalue weighted by Gasteiger charge is 1.93. The molecule has 0 rings (SSSR count). The number of unbranched alkanes of at least 4 members (excludes halogenated alkanes) is 5. The topological polar surface area (TPSA) is 60.4 Å². The molecule has 120 valence electrons. The van der Waals surface area contributed by atoms with Crippen LogP contribution in [0.1, 0.15) is 64.7 Å². The van der Waals surface area contributed by atoms with Crippen LogP contribution in [0.2, 0.25) is 0 Å². The van der Waals surface area contributed by atoms with E-state index >= 15 is 0 Å². The lowest BCUT2D eigenvalue weighted by Gasteiger charge is -2.00. The maximum atomic E-state index is 10.2. The molecular weight excluding hydrogens is 264 g/mol. The summed E-state index contributed by atoms with van der Waals surface area (Å²) in [5.74, 6) is -0.984. The first-order valence-electron chi connectivity index (χ1n) is 8.03. The van der Waals surface area contributed by atoms with Crippen molar-refractivity contribution in [2.45, 2.75) is 70.8 Å². The van der Waals surface area contributed by atoms with Crippen molar-refractivity contribution in [1.82, 2.24) is 0 Å². The molecule has 1 N–H and O–H groups in total. The van der Waals surface area contributed by atoms with Gasteiger partial charge in [0.15, 0.2) is 0 Å². The van der Waals surface area contributed by atoms with Crippen molar-refractivity contribution in [3.63, 3.8) is 0 Å². The van der Waals surface area contributed by atoms with Crippen molar-refractivity contribution in [2.24, 2.45) is 0 Å². The zero-order valence-electron chi connectivity index (χ0n) is 13.2. The van der Waals surface area contributed by atoms with Gasteiger partial charge in [-0.3, -0.25) is 0 Å². The van der Waals surface area contributed by atoms with E-state index in [1.165, 1.54) is 19.3 Å². The van der Waals surface area contributed by atoms with Gasteiger partial charge < -0.3 is 15.0 Å². The van der Waals surface area contributed by atoms with E-state index < -0.39 is 12.1 Å². The van der Waals surface area contributed by atoms with Crippen molar-refractivity contribution in [3.8, 4) is 0 Å². The van der Waals surface area contributed by atoms with E-state index in [9.17, 15) is 15.0 Å². The van der Waals surface area contributed by atoms with Crippen LogP contribution in [-0.4, -0.2) is 17.2 Å². The highest BCUT2D eigenvalue weighted by Crippen LogP contribution is 2.03. The lowest BCUT2D eigenvalue weighted by Crippen LogP contribution is -2.21. The zero-order chi connectivity index (χ0) is 15.8. The number of carbonyl (C=O) groups excluding carboxylic acids is 1. The maximum Gasteiger partial charge on any atom is 0.0758 e. The Morgan fingerprint density at radius 3 is 2.48 bits per heavy atom. The van der Waals surface area contributed by atoms with Crippen LogP contribution in [0.25, 0.3) is 0 Å². The zero-order valence-corrected chi connectivity index (χ0v) is 13.2. The van der Waals surface area contributed by atoms with E-state index in [1.807, 2.05) is 24.3 Å². The summed E-state index contributed by atoms with van der Waals surface area (Å²) in [5.41, 5.74) is 0. The van der Waals surface area contributed by atoms with Gasteiger partial charge in [0.05, 0.1) is 6.10 Å². The summed E-state index contributed by atoms with van der Waals surface area (Å²) in [6.07, 6.45) is 19.2. The second-order valence-electron chi connectivity index (χ2n) is 5.20. The number of allylic oxidation sites excluding steroid dienone is 4. The average molecular weight is 293 g/mol. The molecule has 0 saturated carbocycles. The van der Waals surface area contributed by atoms with E-state index in [-0.39, 0.29) is 6.42 Å². The molecule has 0 aliphatic heterocycles. The molecule has 0 aromatic heterocycles. The number of carboxylic acids is 1. The fraction of sp³-hybridized carbons (Fsp3) is 0.611. The first kappa shape index (κ1) is 19.7. The largest absolute Gasteiger partial charge is 0.550 e. The number of aliphatic hydroxyl groups is 1. The van der Waals surface area contributed by atoms with Crippen molar-refractivity contribution < 1.29 is 15.0 Å². The van der Waals surface area contributed by atoms with Crippen molar-refractivity contribution in [1.29, 1.82) is 0 Å². The molecule has 3 nitrogen and oxygen atoms in total. The summed E-state index contributed by atoms with van der Waals surface area (Å²) in [5, 5.41) is 19.9. The average Bonchev–Trinajstić information content (AvgIpc) is 2.45. The molecule has 0 fully saturated rings. The van der Waals surface area contributed by atoms with Gasteiger partial charge in [-0.1, -0.05) is 56.2 Å². The van der Waals surface area contributed by atoms with Crippen LogP contribution in [0, 0.1) is 0 Å². The molecule has 0 aliphatic rings. The molecular formula is C18H29O3-. The highest BCUT2D eigenvalue weighted by atomic mass is 16.4. The van der Waals surface area contributed by atoms with E-state index in [2.05, 4.69) is 13.0 Å². The molecule has 0 radical (unpaired) electrons. The van der Waals surface area contributed by atoms with Crippen LogP contribution in [0.5, 0.6) is 0 Å². The summed E-state index contributed by atoms with van der Waals surface area (Å²) in [4.78, 5) is 10.2. The summed E-state index contributed by atoms with van der Waals surface area (Å²) >= 11 is 0. The lowest BCUT2D eigenvalue weighted by atomic mass is 10.1. The van der Waals surface area contributed by atoms with Crippen LogP contribution in [0.4, 0.5) is 0 Å². The van der Waals surface area contributed by atoms with Gasteiger partial charge in [-0.15, -0.1) is 0 Å². The van der Waals surface area contributed by atoms with Crippen molar-refractivity contribution in [2.75, 3.05) is 0 Å². The van der Waals surface area contributed by atoms with Crippen LogP contribution >= 0.6 is 0 Å². The van der Waals surface area contributed by atoms with Crippen LogP contribution < -0.4 is 5.11 Å². The van der Waals surface area contributed by atoms with E-state index in [0.29, 0.717) is 12.8 Å². The molecule has 1 atom stereocenters. The normalized spacial score (nSPS) is 13.6. The monoisotopic (exact) mass is 293 g/mol. The number of rotatable bonds is 13. The maximum absolute atomic E-state index is 10.2. The standard InChI is InChI=1S/C18H30O3/c1-2-3-4-5-6-8-11-14-17(19)15-12-9-7-10-13-16-18(20)21/h6,8-9,11-12,14,17,19H,2-5,7,10,13,15-16H2,1H3,(H,20,21)/p-1/b8-6-,12-9-,14-11+. The minimum Gasteiger partial charge on any atom is -0.550 e. The molecule has 0 aromatic carbocycles. The van der Waals surface area contributed by atoms with Crippen LogP contribution in [0.15, 0.2) is 36.5 Å². The fourth-order valence-electron chi connectivity index (χ4n) is 1.84. The first-order chi connectivity index (χ1) is 10.2. The third kappa shape index (κ3) is 16.6. The number of hydrogen-bond acceptors (Lipinski definition) is 3. The van der Waals surface area contributed by atoms with Crippen molar-refractivity contribution in [3.05, 3.63) is 36.5 Å². The Balaban J connectivity index is 3.55. The number of carboxylic acid groups (broad SMARTS) is 1. The van der Waals surface area contributed by atoms with E-state index in [4.69, 9.17) is 0 Å². The molecule has 3 heteroatoms. The van der Waals surface area contributed by atoms with E-state index in [0.717, 1.165) is 19.3 Å². The summed E-state index contributed by atoms with van der Waals surface area (Å²) in [7, 11) is 0. The number of carbonyl (C=O) groups is 1. The van der Waals surface area contributed by atoms with Gasteiger partial charge in [-0.25, -0.2) is 0 Å². The molecule has 21 heavy (non-hydrogen) atoms. The van der Waals surface area contributed by atoms with E-state index in [1.54, 1.807) is 6.08 Å². The molecule has 0 spiro atoms. The summed E-state index contributed by atoms with van der Waals surface area (Å²) in [6, 6.07) is 0. The minimum absolute atomic E-state index is 0.129. The lowest BCUT2D eigenvalue weighted by molar-refractivity contribution is -0.305. The molecule has 0 aliphatic carbocycles. The second-order valence-corrected chi connectivity index (χ2v) is 5.20. The number of aliphatic carboxylic acids is 1. The van der Waals surface area contributed by atoms with Gasteiger partial charge in [-0.2, -0.15) is 0 Å². The Hall–Kier alpha value is -1.35. The SMILES string of the molecule is CCCCC/C=C\C=C\C(O)C/C=C\CCCCC(=O)[O-]. The third-order valence-electron chi connectivity index (χ3n) is 3.10. The Labute approximate surface area is 129 Å². The minimum atomic E-state index is -0.984. The van der Waals surface area contributed by atoms with Crippen LogP contribution in [0.3, 0.4) is 0 Å². The predicted octanol–water partition coefficient (Wildman–Crippen LogP) is 3.30.